The van der Waals surface area contributed by atoms with Crippen LogP contribution in [0.1, 0.15) is 18.4 Å². The van der Waals surface area contributed by atoms with Gasteiger partial charge in [-0.1, -0.05) is 36.4 Å². The number of hydrogen-bond donors (Lipinski definition) is 0. The molecule has 1 nitrogen and oxygen atoms in total. The highest BCUT2D eigenvalue weighted by Gasteiger charge is 1.96. The van der Waals surface area contributed by atoms with Crippen molar-refractivity contribution in [3.8, 4) is 5.75 Å². The van der Waals surface area contributed by atoms with Gasteiger partial charge in [0.1, 0.15) is 11.6 Å². The lowest BCUT2D eigenvalue weighted by atomic mass is 10.1. The maximum atomic E-state index is 12.9. The molecule has 2 rings (SSSR count). The van der Waals surface area contributed by atoms with Crippen molar-refractivity contribution in [3.63, 3.8) is 0 Å². The first kappa shape index (κ1) is 16.0. The van der Waals surface area contributed by atoms with Gasteiger partial charge in [0.25, 0.3) is 0 Å². The number of rotatable bonds is 6. The van der Waals surface area contributed by atoms with Gasteiger partial charge in [0.05, 0.1) is 6.61 Å². The molecule has 0 amide bonds. The molecule has 0 spiro atoms. The summed E-state index contributed by atoms with van der Waals surface area (Å²) in [5.74, 6) is 0.353. The van der Waals surface area contributed by atoms with E-state index in [-0.39, 0.29) is 5.82 Å². The Kier molecular flexibility index (Phi) is 7.82. The van der Waals surface area contributed by atoms with E-state index < -0.39 is 0 Å². The van der Waals surface area contributed by atoms with Crippen LogP contribution in [0.4, 0.5) is 4.39 Å². The Morgan fingerprint density at radius 1 is 0.900 bits per heavy atom. The SMILES string of the molecule is C=C.Fc1cccc(OCCCCc2ccccc2)c1. The Morgan fingerprint density at radius 2 is 1.65 bits per heavy atom. The van der Waals surface area contributed by atoms with E-state index in [1.807, 2.05) is 6.07 Å². The van der Waals surface area contributed by atoms with E-state index in [0.717, 1.165) is 19.3 Å². The highest BCUT2D eigenvalue weighted by Crippen LogP contribution is 2.12. The summed E-state index contributed by atoms with van der Waals surface area (Å²) in [4.78, 5) is 0. The quantitative estimate of drug-likeness (QED) is 0.529. The molecule has 2 heteroatoms. The van der Waals surface area contributed by atoms with Gasteiger partial charge in [0, 0.05) is 6.07 Å². The average Bonchev–Trinajstić information content (AvgIpc) is 2.50. The Labute approximate surface area is 120 Å². The zero-order valence-corrected chi connectivity index (χ0v) is 11.7. The monoisotopic (exact) mass is 272 g/mol. The van der Waals surface area contributed by atoms with Crippen molar-refractivity contribution in [3.05, 3.63) is 79.1 Å². The first-order valence-electron chi connectivity index (χ1n) is 6.77. The zero-order chi connectivity index (χ0) is 14.6. The number of ether oxygens (including phenoxy) is 1. The number of aryl methyl sites for hydroxylation is 1. The fourth-order valence-electron chi connectivity index (χ4n) is 1.82. The lowest BCUT2D eigenvalue weighted by Crippen LogP contribution is -1.98. The second-order valence-electron chi connectivity index (χ2n) is 4.25. The molecular formula is C18H21FO. The minimum atomic E-state index is -0.253. The molecule has 2 aromatic carbocycles. The van der Waals surface area contributed by atoms with Gasteiger partial charge >= 0.3 is 0 Å². The van der Waals surface area contributed by atoms with Crippen molar-refractivity contribution in [2.45, 2.75) is 19.3 Å². The first-order valence-corrected chi connectivity index (χ1v) is 6.77. The van der Waals surface area contributed by atoms with Crippen LogP contribution in [0.5, 0.6) is 5.75 Å². The third kappa shape index (κ3) is 6.19. The second-order valence-corrected chi connectivity index (χ2v) is 4.25. The Bertz CT molecular complexity index is 482. The Balaban J connectivity index is 0.000000956. The summed E-state index contributed by atoms with van der Waals surface area (Å²) in [7, 11) is 0. The van der Waals surface area contributed by atoms with E-state index in [2.05, 4.69) is 37.4 Å². The van der Waals surface area contributed by atoms with E-state index in [0.29, 0.717) is 12.4 Å². The van der Waals surface area contributed by atoms with Gasteiger partial charge in [-0.25, -0.2) is 4.39 Å². The summed E-state index contributed by atoms with van der Waals surface area (Å²) >= 11 is 0. The molecule has 0 saturated heterocycles. The van der Waals surface area contributed by atoms with Gasteiger partial charge < -0.3 is 4.74 Å². The van der Waals surface area contributed by atoms with Gasteiger partial charge in [-0.3, -0.25) is 0 Å². The highest BCUT2D eigenvalue weighted by molar-refractivity contribution is 5.22. The molecule has 0 aliphatic rings. The summed E-state index contributed by atoms with van der Waals surface area (Å²) < 4.78 is 18.4. The molecule has 0 saturated carbocycles. The fourth-order valence-corrected chi connectivity index (χ4v) is 1.82. The molecule has 2 aromatic rings. The molecule has 0 radical (unpaired) electrons. The van der Waals surface area contributed by atoms with Gasteiger partial charge in [-0.15, -0.1) is 13.2 Å². The molecule has 106 valence electrons. The van der Waals surface area contributed by atoms with Crippen LogP contribution in [-0.2, 0) is 6.42 Å². The summed E-state index contributed by atoms with van der Waals surface area (Å²) in [6.07, 6.45) is 3.12. The second kappa shape index (κ2) is 9.79. The van der Waals surface area contributed by atoms with Gasteiger partial charge in [-0.2, -0.15) is 0 Å². The van der Waals surface area contributed by atoms with Crippen molar-refractivity contribution in [2.75, 3.05) is 6.61 Å². The molecule has 0 fully saturated rings. The predicted molar refractivity (Wildman–Crippen MR) is 82.5 cm³/mol. The van der Waals surface area contributed by atoms with Gasteiger partial charge in [0.15, 0.2) is 0 Å². The average molecular weight is 272 g/mol. The molecule has 0 aromatic heterocycles. The van der Waals surface area contributed by atoms with Crippen molar-refractivity contribution in [1.29, 1.82) is 0 Å². The largest absolute Gasteiger partial charge is 0.493 e. The van der Waals surface area contributed by atoms with E-state index >= 15 is 0 Å². The summed E-state index contributed by atoms with van der Waals surface area (Å²) in [5.41, 5.74) is 1.35. The topological polar surface area (TPSA) is 9.23 Å². The molecule has 0 aliphatic heterocycles. The molecule has 0 heterocycles. The van der Waals surface area contributed by atoms with Gasteiger partial charge in [-0.05, 0) is 37.0 Å². The van der Waals surface area contributed by atoms with E-state index in [4.69, 9.17) is 4.74 Å². The molecule has 0 N–H and O–H groups in total. The van der Waals surface area contributed by atoms with Crippen LogP contribution in [0.3, 0.4) is 0 Å². The number of unbranched alkanes of at least 4 members (excludes halogenated alkanes) is 1. The molecule has 0 unspecified atom stereocenters. The maximum Gasteiger partial charge on any atom is 0.126 e. The fraction of sp³-hybridized carbons (Fsp3) is 0.222. The molecule has 20 heavy (non-hydrogen) atoms. The van der Waals surface area contributed by atoms with Crippen LogP contribution in [0.25, 0.3) is 0 Å². The zero-order valence-electron chi connectivity index (χ0n) is 11.7. The van der Waals surface area contributed by atoms with Crippen LogP contribution in [0.15, 0.2) is 67.8 Å². The predicted octanol–water partition coefficient (Wildman–Crippen LogP) is 5.03. The molecular weight excluding hydrogens is 251 g/mol. The Hall–Kier alpha value is -2.09. The first-order chi connectivity index (χ1) is 9.84. The van der Waals surface area contributed by atoms with Crippen LogP contribution in [0, 0.1) is 5.82 Å². The molecule has 0 aliphatic carbocycles. The van der Waals surface area contributed by atoms with E-state index in [9.17, 15) is 4.39 Å². The highest BCUT2D eigenvalue weighted by atomic mass is 19.1. The molecule has 0 atom stereocenters. The minimum Gasteiger partial charge on any atom is -0.493 e. The van der Waals surface area contributed by atoms with Crippen molar-refractivity contribution in [1.82, 2.24) is 0 Å². The third-order valence-electron chi connectivity index (χ3n) is 2.77. The number of halogens is 1. The minimum absolute atomic E-state index is 0.253. The number of hydrogen-bond acceptors (Lipinski definition) is 1. The van der Waals surface area contributed by atoms with Crippen LogP contribution in [0.2, 0.25) is 0 Å². The lowest BCUT2D eigenvalue weighted by molar-refractivity contribution is 0.305. The molecule has 0 bridgehead atoms. The van der Waals surface area contributed by atoms with Crippen molar-refractivity contribution < 1.29 is 9.13 Å². The smallest absolute Gasteiger partial charge is 0.126 e. The summed E-state index contributed by atoms with van der Waals surface area (Å²) in [6.45, 7) is 6.64. The normalized spacial score (nSPS) is 9.45. The van der Waals surface area contributed by atoms with Crippen LogP contribution < -0.4 is 4.74 Å². The standard InChI is InChI=1S/C16H17FO.C2H4/c17-15-10-6-11-16(13-15)18-12-5-4-9-14-7-2-1-3-8-14;1-2/h1-3,6-8,10-11,13H,4-5,9,12H2;1-2H2. The maximum absolute atomic E-state index is 12.9. The van der Waals surface area contributed by atoms with Crippen LogP contribution in [-0.4, -0.2) is 6.61 Å². The van der Waals surface area contributed by atoms with E-state index in [1.165, 1.54) is 17.7 Å². The van der Waals surface area contributed by atoms with Crippen LogP contribution >= 0.6 is 0 Å². The summed E-state index contributed by atoms with van der Waals surface area (Å²) in [5, 5.41) is 0. The lowest BCUT2D eigenvalue weighted by Gasteiger charge is -2.06. The Morgan fingerprint density at radius 3 is 2.35 bits per heavy atom. The number of benzene rings is 2. The van der Waals surface area contributed by atoms with Gasteiger partial charge in [0.2, 0.25) is 0 Å². The summed E-state index contributed by atoms with van der Waals surface area (Å²) in [6, 6.07) is 16.7. The van der Waals surface area contributed by atoms with Crippen molar-refractivity contribution in [2.24, 2.45) is 0 Å². The third-order valence-corrected chi connectivity index (χ3v) is 2.77. The van der Waals surface area contributed by atoms with E-state index in [1.54, 1.807) is 12.1 Å². The van der Waals surface area contributed by atoms with Crippen molar-refractivity contribution >= 4 is 0 Å².